The highest BCUT2D eigenvalue weighted by molar-refractivity contribution is 5.95. The van der Waals surface area contributed by atoms with Crippen LogP contribution in [0.1, 0.15) is 34.6 Å². The van der Waals surface area contributed by atoms with Crippen molar-refractivity contribution in [3.63, 3.8) is 0 Å². The van der Waals surface area contributed by atoms with Crippen molar-refractivity contribution in [1.82, 2.24) is 24.0 Å². The predicted octanol–water partition coefficient (Wildman–Crippen LogP) is 4.85. The molecule has 166 valence electrons. The van der Waals surface area contributed by atoms with Crippen molar-refractivity contribution in [3.8, 4) is 11.3 Å². The molecule has 0 unspecified atom stereocenters. The van der Waals surface area contributed by atoms with Gasteiger partial charge < -0.3 is 5.32 Å². The number of nitrogens with one attached hydrogen (secondary N) is 1. The summed E-state index contributed by atoms with van der Waals surface area (Å²) in [6, 6.07) is 15.9. The summed E-state index contributed by atoms with van der Waals surface area (Å²) in [6.07, 6.45) is 2.85. The van der Waals surface area contributed by atoms with Gasteiger partial charge in [0.2, 0.25) is 5.91 Å². The minimum Gasteiger partial charge on any atom is -0.310 e. The summed E-state index contributed by atoms with van der Waals surface area (Å²) < 4.78 is 3.81. The zero-order valence-corrected chi connectivity index (χ0v) is 19.3. The molecule has 4 heterocycles. The van der Waals surface area contributed by atoms with Crippen molar-refractivity contribution in [1.29, 1.82) is 0 Å². The molecule has 7 heteroatoms. The van der Waals surface area contributed by atoms with Gasteiger partial charge in [0, 0.05) is 35.6 Å². The molecule has 0 aliphatic carbocycles. The molecular weight excluding hydrogens is 412 g/mol. The number of nitrogens with zero attached hydrogens (tertiary/aromatic N) is 5. The van der Waals surface area contributed by atoms with E-state index in [9.17, 15) is 4.79 Å². The third-order valence-electron chi connectivity index (χ3n) is 6.04. The number of benzene rings is 1. The van der Waals surface area contributed by atoms with Crippen LogP contribution < -0.4 is 5.32 Å². The van der Waals surface area contributed by atoms with Gasteiger partial charge in [0.25, 0.3) is 0 Å². The molecule has 0 fully saturated rings. The number of pyridine rings is 1. The Labute approximate surface area is 192 Å². The smallest absolute Gasteiger partial charge is 0.225 e. The van der Waals surface area contributed by atoms with Crippen LogP contribution in [0.5, 0.6) is 0 Å². The number of carbonyl (C=O) groups excluding carboxylic acids is 1. The van der Waals surface area contributed by atoms with Crippen molar-refractivity contribution >= 4 is 23.0 Å². The van der Waals surface area contributed by atoms with E-state index in [4.69, 9.17) is 4.98 Å². The second-order valence-corrected chi connectivity index (χ2v) is 8.42. The summed E-state index contributed by atoms with van der Waals surface area (Å²) in [5.74, 6) is 0.626. The topological polar surface area (TPSA) is 76.6 Å². The van der Waals surface area contributed by atoms with Crippen LogP contribution in [0.15, 0.2) is 54.7 Å². The highest BCUT2D eigenvalue weighted by Gasteiger charge is 2.18. The average Bonchev–Trinajstić information content (AvgIpc) is 3.35. The second-order valence-electron chi connectivity index (χ2n) is 8.42. The number of imidazole rings is 1. The van der Waals surface area contributed by atoms with E-state index in [0.717, 1.165) is 50.8 Å². The van der Waals surface area contributed by atoms with Gasteiger partial charge in [0.15, 0.2) is 5.65 Å². The van der Waals surface area contributed by atoms with E-state index in [2.05, 4.69) is 15.4 Å². The van der Waals surface area contributed by atoms with Crippen LogP contribution in [0, 0.1) is 27.7 Å². The number of anilines is 1. The molecule has 0 saturated heterocycles. The van der Waals surface area contributed by atoms with Gasteiger partial charge in [0.1, 0.15) is 17.2 Å². The number of amides is 1. The van der Waals surface area contributed by atoms with Crippen LogP contribution in [-0.4, -0.2) is 29.9 Å². The maximum atomic E-state index is 13.1. The van der Waals surface area contributed by atoms with Crippen molar-refractivity contribution in [2.75, 3.05) is 5.32 Å². The number of aromatic nitrogens is 5. The first kappa shape index (κ1) is 20.9. The highest BCUT2D eigenvalue weighted by Crippen LogP contribution is 2.30. The summed E-state index contributed by atoms with van der Waals surface area (Å²) in [5.41, 5.74) is 8.39. The Bertz CT molecular complexity index is 1500. The minimum absolute atomic E-state index is 0.0639. The van der Waals surface area contributed by atoms with Crippen LogP contribution in [0.25, 0.3) is 22.6 Å². The number of hydrogen-bond donors (Lipinski definition) is 1. The van der Waals surface area contributed by atoms with Gasteiger partial charge in [0.05, 0.1) is 5.69 Å². The van der Waals surface area contributed by atoms with Crippen molar-refractivity contribution in [2.24, 2.45) is 0 Å². The molecule has 7 nitrogen and oxygen atoms in total. The highest BCUT2D eigenvalue weighted by atomic mass is 16.1. The number of hydrogen-bond acceptors (Lipinski definition) is 4. The van der Waals surface area contributed by atoms with Crippen molar-refractivity contribution in [2.45, 2.75) is 40.5 Å². The van der Waals surface area contributed by atoms with E-state index in [-0.39, 0.29) is 5.91 Å². The first-order chi connectivity index (χ1) is 15.9. The Kier molecular flexibility index (Phi) is 5.17. The van der Waals surface area contributed by atoms with Gasteiger partial charge in [-0.2, -0.15) is 5.10 Å². The molecule has 0 bridgehead atoms. The van der Waals surface area contributed by atoms with Gasteiger partial charge in [-0.1, -0.05) is 36.4 Å². The second kappa shape index (κ2) is 8.16. The zero-order chi connectivity index (χ0) is 23.1. The molecule has 0 spiro atoms. The maximum Gasteiger partial charge on any atom is 0.225 e. The zero-order valence-electron chi connectivity index (χ0n) is 19.3. The molecule has 4 aromatic heterocycles. The molecule has 0 aliphatic heterocycles. The number of aryl methyl sites for hydroxylation is 4. The molecule has 1 amide bonds. The van der Waals surface area contributed by atoms with Gasteiger partial charge in [-0.15, -0.1) is 0 Å². The van der Waals surface area contributed by atoms with Crippen LogP contribution in [0.4, 0.5) is 5.82 Å². The Balaban J connectivity index is 1.44. The normalized spacial score (nSPS) is 11.4. The van der Waals surface area contributed by atoms with Crippen molar-refractivity contribution < 1.29 is 4.79 Å². The third kappa shape index (κ3) is 3.75. The van der Waals surface area contributed by atoms with Crippen LogP contribution in [0.2, 0.25) is 0 Å². The fraction of sp³-hybridized carbons (Fsp3) is 0.231. The first-order valence-electron chi connectivity index (χ1n) is 11.1. The monoisotopic (exact) mass is 438 g/mol. The van der Waals surface area contributed by atoms with Gasteiger partial charge in [-0.25, -0.2) is 14.5 Å². The van der Waals surface area contributed by atoms with Crippen molar-refractivity contribution in [3.05, 3.63) is 82.9 Å². The largest absolute Gasteiger partial charge is 0.310 e. The van der Waals surface area contributed by atoms with E-state index in [0.29, 0.717) is 18.7 Å². The van der Waals surface area contributed by atoms with Gasteiger partial charge in [-0.3, -0.25) is 9.20 Å². The Morgan fingerprint density at radius 1 is 1.00 bits per heavy atom. The number of carbonyl (C=O) groups is 1. The lowest BCUT2D eigenvalue weighted by Crippen LogP contribution is -2.16. The molecule has 0 aliphatic rings. The molecular formula is C26H26N6O. The minimum atomic E-state index is -0.0639. The van der Waals surface area contributed by atoms with E-state index >= 15 is 0 Å². The first-order valence-corrected chi connectivity index (χ1v) is 11.1. The molecule has 33 heavy (non-hydrogen) atoms. The lowest BCUT2D eigenvalue weighted by atomic mass is 10.1. The van der Waals surface area contributed by atoms with Gasteiger partial charge >= 0.3 is 0 Å². The maximum absolute atomic E-state index is 13.1. The molecule has 0 saturated carbocycles. The predicted molar refractivity (Wildman–Crippen MR) is 130 cm³/mol. The summed E-state index contributed by atoms with van der Waals surface area (Å²) in [6.45, 7) is 8.00. The number of fused-ring (bicyclic) bond motifs is 2. The average molecular weight is 439 g/mol. The fourth-order valence-corrected chi connectivity index (χ4v) is 4.36. The SMILES string of the molecule is Cc1cc2nc(C)c(CCC(=O)Nc3c(-c4ccccc4)nc4c(C)cccn34)c(C)n2n1. The Morgan fingerprint density at radius 3 is 2.58 bits per heavy atom. The number of rotatable bonds is 5. The summed E-state index contributed by atoms with van der Waals surface area (Å²) >= 11 is 0. The molecule has 1 aromatic carbocycles. The van der Waals surface area contributed by atoms with E-state index < -0.39 is 0 Å². The quantitative estimate of drug-likeness (QED) is 0.426. The van der Waals surface area contributed by atoms with Crippen LogP contribution >= 0.6 is 0 Å². The van der Waals surface area contributed by atoms with Crippen LogP contribution in [0.3, 0.4) is 0 Å². The van der Waals surface area contributed by atoms with E-state index in [1.807, 2.05) is 91.3 Å². The Morgan fingerprint density at radius 2 is 1.79 bits per heavy atom. The summed E-state index contributed by atoms with van der Waals surface area (Å²) in [5, 5.41) is 7.66. The molecule has 0 atom stereocenters. The molecule has 5 aromatic rings. The molecule has 1 N–H and O–H groups in total. The van der Waals surface area contributed by atoms with E-state index in [1.165, 1.54) is 0 Å². The third-order valence-corrected chi connectivity index (χ3v) is 6.04. The fourth-order valence-electron chi connectivity index (χ4n) is 4.36. The summed E-state index contributed by atoms with van der Waals surface area (Å²) in [7, 11) is 0. The standard InChI is InChI=1S/C26H26N6O/c1-16-9-8-14-31-25(16)29-24(20-10-6-5-7-11-20)26(31)28-23(33)13-12-21-18(3)27-22-15-17(2)30-32(22)19(21)4/h5-11,14-15H,12-13H2,1-4H3,(H,28,33). The molecule has 5 rings (SSSR count). The lowest BCUT2D eigenvalue weighted by molar-refractivity contribution is -0.116. The lowest BCUT2D eigenvalue weighted by Gasteiger charge is -2.12. The summed E-state index contributed by atoms with van der Waals surface area (Å²) in [4.78, 5) is 22.6. The van der Waals surface area contributed by atoms with E-state index in [1.54, 1.807) is 0 Å². The van der Waals surface area contributed by atoms with Crippen LogP contribution in [-0.2, 0) is 11.2 Å². The molecule has 0 radical (unpaired) electrons. The van der Waals surface area contributed by atoms with Gasteiger partial charge in [-0.05, 0) is 51.3 Å². The Hall–Kier alpha value is -4.00.